The first-order chi connectivity index (χ1) is 8.36. The lowest BCUT2D eigenvalue weighted by Crippen LogP contribution is -2.53. The Morgan fingerprint density at radius 2 is 2.11 bits per heavy atom. The Hall–Kier alpha value is -0.660. The summed E-state index contributed by atoms with van der Waals surface area (Å²) in [4.78, 5) is 4.87. The van der Waals surface area contributed by atoms with Crippen LogP contribution in [0.4, 0.5) is 17.6 Å². The van der Waals surface area contributed by atoms with E-state index in [0.717, 1.165) is 12.1 Å². The molecule has 1 saturated carbocycles. The zero-order chi connectivity index (χ0) is 13.1. The summed E-state index contributed by atoms with van der Waals surface area (Å²) in [5, 5.41) is 0. The molecule has 0 bridgehead atoms. The molecule has 3 atom stereocenters. The smallest absolute Gasteiger partial charge is 0.297 e. The minimum Gasteiger partial charge on any atom is -0.297 e. The molecule has 2 fully saturated rings. The summed E-state index contributed by atoms with van der Waals surface area (Å²) in [5.74, 6) is -1.65. The van der Waals surface area contributed by atoms with Crippen molar-refractivity contribution in [1.82, 2.24) is 5.48 Å². The van der Waals surface area contributed by atoms with Crippen LogP contribution in [0.15, 0.2) is 22.7 Å². The lowest BCUT2D eigenvalue weighted by atomic mass is 9.85. The van der Waals surface area contributed by atoms with Gasteiger partial charge in [0.05, 0.1) is 6.10 Å². The van der Waals surface area contributed by atoms with Gasteiger partial charge in [-0.2, -0.15) is 18.7 Å². The van der Waals surface area contributed by atoms with Gasteiger partial charge >= 0.3 is 6.18 Å². The average molecular weight is 326 g/mol. The van der Waals surface area contributed by atoms with Gasteiger partial charge in [0.15, 0.2) is 5.54 Å². The molecule has 1 aliphatic carbocycles. The Kier molecular flexibility index (Phi) is 2.53. The van der Waals surface area contributed by atoms with Gasteiger partial charge in [-0.3, -0.25) is 4.84 Å². The molecule has 2 aliphatic rings. The van der Waals surface area contributed by atoms with Gasteiger partial charge in [-0.05, 0) is 24.6 Å². The summed E-state index contributed by atoms with van der Waals surface area (Å²) in [6.45, 7) is 0. The summed E-state index contributed by atoms with van der Waals surface area (Å²) in [7, 11) is 0. The standard InChI is InChI=1S/C11H8BrF4NO/c12-5-1-2-8(13)6(3-5)10(11(14,15)16)7-4-9(7)18-17-10/h1-3,7,9,17H,4H2/t7-,9+,10+/m0/s1. The molecule has 0 aromatic heterocycles. The van der Waals surface area contributed by atoms with Crippen molar-refractivity contribution in [2.75, 3.05) is 0 Å². The number of halogens is 5. The molecule has 98 valence electrons. The lowest BCUT2D eigenvalue weighted by molar-refractivity contribution is -0.223. The van der Waals surface area contributed by atoms with E-state index < -0.39 is 35.1 Å². The Morgan fingerprint density at radius 1 is 1.39 bits per heavy atom. The van der Waals surface area contributed by atoms with Crippen LogP contribution in [0.5, 0.6) is 0 Å². The highest BCUT2D eigenvalue weighted by Gasteiger charge is 2.73. The first kappa shape index (κ1) is 12.4. The van der Waals surface area contributed by atoms with Crippen molar-refractivity contribution in [3.63, 3.8) is 0 Å². The average Bonchev–Trinajstić information content (AvgIpc) is 2.95. The first-order valence-corrected chi connectivity index (χ1v) is 6.10. The number of nitrogens with one attached hydrogen (secondary N) is 1. The molecule has 18 heavy (non-hydrogen) atoms. The van der Waals surface area contributed by atoms with E-state index in [-0.39, 0.29) is 0 Å². The fourth-order valence-electron chi connectivity index (χ4n) is 2.48. The number of benzene rings is 1. The number of hydrogen-bond acceptors (Lipinski definition) is 2. The van der Waals surface area contributed by atoms with Crippen molar-refractivity contribution >= 4 is 15.9 Å². The third-order valence-corrected chi connectivity index (χ3v) is 3.95. The van der Waals surface area contributed by atoms with Crippen LogP contribution < -0.4 is 5.48 Å². The number of hydroxylamine groups is 1. The Bertz CT molecular complexity index is 506. The number of fused-ring (bicyclic) bond motifs is 1. The van der Waals surface area contributed by atoms with Crippen molar-refractivity contribution in [2.45, 2.75) is 24.2 Å². The van der Waals surface area contributed by atoms with Crippen LogP contribution in [0.3, 0.4) is 0 Å². The van der Waals surface area contributed by atoms with E-state index >= 15 is 0 Å². The Morgan fingerprint density at radius 3 is 2.61 bits per heavy atom. The summed E-state index contributed by atoms with van der Waals surface area (Å²) in [6.07, 6.45) is -4.81. The van der Waals surface area contributed by atoms with Gasteiger partial charge in [-0.15, -0.1) is 0 Å². The molecular formula is C11H8BrF4NO. The van der Waals surface area contributed by atoms with Crippen molar-refractivity contribution in [3.05, 3.63) is 34.1 Å². The third-order valence-electron chi connectivity index (χ3n) is 3.46. The topological polar surface area (TPSA) is 21.3 Å². The molecule has 1 N–H and O–H groups in total. The maximum absolute atomic E-state index is 13.8. The van der Waals surface area contributed by atoms with Gasteiger partial charge in [0.1, 0.15) is 5.82 Å². The van der Waals surface area contributed by atoms with Gasteiger partial charge in [-0.25, -0.2) is 4.39 Å². The van der Waals surface area contributed by atoms with Gasteiger partial charge < -0.3 is 0 Å². The van der Waals surface area contributed by atoms with E-state index in [9.17, 15) is 17.6 Å². The lowest BCUT2D eigenvalue weighted by Gasteiger charge is -2.33. The van der Waals surface area contributed by atoms with Crippen LogP contribution in [-0.2, 0) is 10.4 Å². The van der Waals surface area contributed by atoms with Crippen molar-refractivity contribution in [2.24, 2.45) is 5.92 Å². The molecule has 0 spiro atoms. The van der Waals surface area contributed by atoms with Crippen molar-refractivity contribution in [3.8, 4) is 0 Å². The summed E-state index contributed by atoms with van der Waals surface area (Å²) in [5.41, 5.74) is -0.853. The maximum Gasteiger partial charge on any atom is 0.413 e. The molecule has 7 heteroatoms. The zero-order valence-electron chi connectivity index (χ0n) is 8.89. The molecule has 1 aromatic carbocycles. The van der Waals surface area contributed by atoms with E-state index in [1.165, 1.54) is 6.07 Å². The van der Waals surface area contributed by atoms with Crippen molar-refractivity contribution in [1.29, 1.82) is 0 Å². The molecular weight excluding hydrogens is 318 g/mol. The normalized spacial score (nSPS) is 34.5. The quantitative estimate of drug-likeness (QED) is 0.800. The number of rotatable bonds is 1. The molecule has 2 nitrogen and oxygen atoms in total. The maximum atomic E-state index is 13.8. The second-order valence-electron chi connectivity index (χ2n) is 4.53. The predicted octanol–water partition coefficient (Wildman–Crippen LogP) is 3.27. The van der Waals surface area contributed by atoms with Gasteiger partial charge in [0.25, 0.3) is 0 Å². The van der Waals surface area contributed by atoms with Crippen molar-refractivity contribution < 1.29 is 22.4 Å². The molecule has 3 rings (SSSR count). The minimum atomic E-state index is -4.62. The van der Waals surface area contributed by atoms with Gasteiger partial charge in [-0.1, -0.05) is 15.9 Å². The number of hydrogen-bond donors (Lipinski definition) is 1. The minimum absolute atomic E-state index is 0.290. The molecule has 0 unspecified atom stereocenters. The van der Waals surface area contributed by atoms with E-state index in [4.69, 9.17) is 4.84 Å². The molecule has 0 amide bonds. The zero-order valence-corrected chi connectivity index (χ0v) is 10.5. The highest BCUT2D eigenvalue weighted by molar-refractivity contribution is 9.10. The molecule has 0 radical (unpaired) electrons. The second-order valence-corrected chi connectivity index (χ2v) is 5.45. The largest absolute Gasteiger partial charge is 0.413 e. The van der Waals surface area contributed by atoms with Crippen LogP contribution in [0, 0.1) is 11.7 Å². The molecule has 1 saturated heterocycles. The Balaban J connectivity index is 2.18. The molecule has 1 aromatic rings. The molecule has 1 heterocycles. The Labute approximate surface area is 108 Å². The van der Waals surface area contributed by atoms with Crippen LogP contribution in [0.1, 0.15) is 12.0 Å². The summed E-state index contributed by atoms with van der Waals surface area (Å²) < 4.78 is 54.3. The monoisotopic (exact) mass is 325 g/mol. The first-order valence-electron chi connectivity index (χ1n) is 5.31. The fourth-order valence-corrected chi connectivity index (χ4v) is 2.84. The van der Waals surface area contributed by atoms with Crippen LogP contribution in [0.25, 0.3) is 0 Å². The predicted molar refractivity (Wildman–Crippen MR) is 57.9 cm³/mol. The third kappa shape index (κ3) is 1.53. The van der Waals surface area contributed by atoms with E-state index in [2.05, 4.69) is 15.9 Å². The van der Waals surface area contributed by atoms with Crippen LogP contribution in [-0.4, -0.2) is 12.3 Å². The fraction of sp³-hybridized carbons (Fsp3) is 0.455. The highest BCUT2D eigenvalue weighted by atomic mass is 79.9. The van der Waals surface area contributed by atoms with Gasteiger partial charge in [0, 0.05) is 16.0 Å². The summed E-state index contributed by atoms with van der Waals surface area (Å²) in [6, 6.07) is 3.53. The molecule has 1 aliphatic heterocycles. The second kappa shape index (κ2) is 3.68. The van der Waals surface area contributed by atoms with Crippen LogP contribution >= 0.6 is 15.9 Å². The SMILES string of the molecule is Fc1ccc(Br)cc1[C@@]1(C(F)(F)F)NO[C@@H]2C[C@@H]21. The summed E-state index contributed by atoms with van der Waals surface area (Å²) >= 11 is 3.07. The number of alkyl halides is 3. The van der Waals surface area contributed by atoms with E-state index in [0.29, 0.717) is 10.9 Å². The van der Waals surface area contributed by atoms with Gasteiger partial charge in [0.2, 0.25) is 0 Å². The van der Waals surface area contributed by atoms with E-state index in [1.54, 1.807) is 0 Å². The highest BCUT2D eigenvalue weighted by Crippen LogP contribution is 2.59. The van der Waals surface area contributed by atoms with Crippen LogP contribution in [0.2, 0.25) is 0 Å². The van der Waals surface area contributed by atoms with E-state index in [1.807, 2.05) is 5.48 Å².